The number of sulfonamides is 1. The van der Waals surface area contributed by atoms with Gasteiger partial charge in [0.05, 0.1) is 18.6 Å². The van der Waals surface area contributed by atoms with E-state index in [4.69, 9.17) is 4.74 Å². The van der Waals surface area contributed by atoms with Crippen LogP contribution < -0.4 is 14.4 Å². The molecule has 0 aromatic heterocycles. The van der Waals surface area contributed by atoms with E-state index in [-0.39, 0.29) is 18.4 Å². The van der Waals surface area contributed by atoms with Crippen molar-refractivity contribution in [2.24, 2.45) is 5.92 Å². The van der Waals surface area contributed by atoms with Crippen molar-refractivity contribution in [2.75, 3.05) is 30.3 Å². The molecule has 32 heavy (non-hydrogen) atoms. The number of nitrogens with zero attached hydrogens (tertiary/aromatic N) is 1. The van der Waals surface area contributed by atoms with E-state index in [1.165, 1.54) is 16.3 Å². The zero-order chi connectivity index (χ0) is 23.1. The number of anilines is 1. The summed E-state index contributed by atoms with van der Waals surface area (Å²) in [5.74, 6) is 0.405. The minimum absolute atomic E-state index is 0.192. The van der Waals surface area contributed by atoms with Crippen LogP contribution in [0.3, 0.4) is 0 Å². The van der Waals surface area contributed by atoms with E-state index in [2.05, 4.69) is 36.5 Å². The fourth-order valence-electron chi connectivity index (χ4n) is 3.69. The highest BCUT2D eigenvalue weighted by Crippen LogP contribution is 2.23. The number of hydrogen-bond acceptors (Lipinski definition) is 4. The molecule has 3 aromatic rings. The number of hydrogen-bond donors (Lipinski definition) is 1. The summed E-state index contributed by atoms with van der Waals surface area (Å²) in [6.07, 6.45) is 1.91. The molecule has 0 fully saturated rings. The van der Waals surface area contributed by atoms with Gasteiger partial charge in [0.2, 0.25) is 15.9 Å². The Morgan fingerprint density at radius 2 is 1.78 bits per heavy atom. The number of carbonyl (C=O) groups is 1. The molecule has 0 aliphatic rings. The van der Waals surface area contributed by atoms with Crippen molar-refractivity contribution in [3.63, 3.8) is 0 Å². The minimum Gasteiger partial charge on any atom is -0.494 e. The van der Waals surface area contributed by atoms with E-state index < -0.39 is 10.0 Å². The summed E-state index contributed by atoms with van der Waals surface area (Å²) in [5.41, 5.74) is 1.63. The van der Waals surface area contributed by atoms with Crippen LogP contribution in [0.25, 0.3) is 10.8 Å². The Morgan fingerprint density at radius 1 is 1.06 bits per heavy atom. The molecule has 0 saturated carbocycles. The lowest BCUT2D eigenvalue weighted by Gasteiger charge is -2.23. The first-order valence-electron chi connectivity index (χ1n) is 10.7. The Labute approximate surface area is 190 Å². The highest BCUT2D eigenvalue weighted by molar-refractivity contribution is 7.92. The van der Waals surface area contributed by atoms with Crippen molar-refractivity contribution in [3.8, 4) is 5.75 Å². The van der Waals surface area contributed by atoms with Crippen molar-refractivity contribution < 1.29 is 17.9 Å². The van der Waals surface area contributed by atoms with E-state index in [1.807, 2.05) is 25.1 Å². The average molecular weight is 455 g/mol. The van der Waals surface area contributed by atoms with Gasteiger partial charge >= 0.3 is 0 Å². The lowest BCUT2D eigenvalue weighted by Crippen LogP contribution is -2.41. The summed E-state index contributed by atoms with van der Waals surface area (Å²) in [6, 6.07) is 21.2. The van der Waals surface area contributed by atoms with Crippen molar-refractivity contribution in [1.29, 1.82) is 0 Å². The third kappa shape index (κ3) is 6.23. The number of benzene rings is 3. The molecule has 0 aliphatic carbocycles. The molecular formula is C25H30N2O4S. The molecule has 1 atom stereocenters. The van der Waals surface area contributed by atoms with Crippen molar-refractivity contribution in [3.05, 3.63) is 72.3 Å². The van der Waals surface area contributed by atoms with Crippen LogP contribution >= 0.6 is 0 Å². The Balaban J connectivity index is 1.63. The summed E-state index contributed by atoms with van der Waals surface area (Å²) < 4.78 is 31.2. The number of fused-ring (bicyclic) bond motifs is 1. The van der Waals surface area contributed by atoms with Crippen molar-refractivity contribution >= 4 is 32.4 Å². The molecule has 1 amide bonds. The van der Waals surface area contributed by atoms with Crippen LogP contribution in [0.15, 0.2) is 66.7 Å². The van der Waals surface area contributed by atoms with Crippen molar-refractivity contribution in [2.45, 2.75) is 20.3 Å². The number of amides is 1. The van der Waals surface area contributed by atoms with E-state index in [0.717, 1.165) is 17.0 Å². The second kappa shape index (κ2) is 10.5. The van der Waals surface area contributed by atoms with Crippen LogP contribution in [0.5, 0.6) is 5.75 Å². The molecule has 0 radical (unpaired) electrons. The normalized spacial score (nSPS) is 12.3. The maximum absolute atomic E-state index is 12.6. The zero-order valence-corrected chi connectivity index (χ0v) is 19.6. The second-order valence-electron chi connectivity index (χ2n) is 7.95. The van der Waals surface area contributed by atoms with Gasteiger partial charge < -0.3 is 10.1 Å². The monoisotopic (exact) mass is 454 g/mol. The predicted molar refractivity (Wildman–Crippen MR) is 130 cm³/mol. The number of carbonyl (C=O) groups excluding carboxylic acids is 1. The quantitative estimate of drug-likeness (QED) is 0.502. The Morgan fingerprint density at radius 3 is 2.53 bits per heavy atom. The van der Waals surface area contributed by atoms with Crippen LogP contribution in [0.1, 0.15) is 19.4 Å². The van der Waals surface area contributed by atoms with Gasteiger partial charge in [-0.05, 0) is 47.7 Å². The fourth-order valence-corrected chi connectivity index (χ4v) is 4.54. The fraction of sp³-hybridized carbons (Fsp3) is 0.320. The van der Waals surface area contributed by atoms with Gasteiger partial charge in [-0.3, -0.25) is 9.10 Å². The molecule has 3 rings (SSSR count). The topological polar surface area (TPSA) is 75.7 Å². The molecule has 170 valence electrons. The third-order valence-electron chi connectivity index (χ3n) is 5.20. The van der Waals surface area contributed by atoms with Gasteiger partial charge in [0, 0.05) is 12.6 Å². The lowest BCUT2D eigenvalue weighted by atomic mass is 9.96. The standard InChI is InChI=1S/C25H30N2O4S/c1-4-31-23-13-8-12-22(16-23)27(32(3,29)30)18-25(28)26-17-19(2)15-21-11-7-10-20-9-5-6-14-24(20)21/h5-14,16,19H,4,15,17-18H2,1-3H3,(H,26,28). The van der Waals surface area contributed by atoms with Crippen LogP contribution in [-0.4, -0.2) is 40.3 Å². The molecule has 0 heterocycles. The number of rotatable bonds is 10. The largest absolute Gasteiger partial charge is 0.494 e. The summed E-state index contributed by atoms with van der Waals surface area (Å²) in [6.45, 7) is 4.57. The van der Waals surface area contributed by atoms with Gasteiger partial charge in [-0.15, -0.1) is 0 Å². The summed E-state index contributed by atoms with van der Waals surface area (Å²) in [4.78, 5) is 12.6. The van der Waals surface area contributed by atoms with Crippen LogP contribution in [0, 0.1) is 5.92 Å². The molecule has 0 saturated heterocycles. The SMILES string of the molecule is CCOc1cccc(N(CC(=O)NCC(C)Cc2cccc3ccccc23)S(C)(=O)=O)c1. The number of nitrogens with one attached hydrogen (secondary N) is 1. The van der Waals surface area contributed by atoms with Gasteiger partial charge in [0.1, 0.15) is 12.3 Å². The second-order valence-corrected chi connectivity index (χ2v) is 9.86. The van der Waals surface area contributed by atoms with Crippen molar-refractivity contribution in [1.82, 2.24) is 5.32 Å². The molecule has 0 bridgehead atoms. The molecule has 3 aromatic carbocycles. The van der Waals surface area contributed by atoms with Gasteiger partial charge in [0.25, 0.3) is 0 Å². The highest BCUT2D eigenvalue weighted by Gasteiger charge is 2.21. The van der Waals surface area contributed by atoms with E-state index in [0.29, 0.717) is 24.6 Å². The van der Waals surface area contributed by atoms with Crippen LogP contribution in [-0.2, 0) is 21.2 Å². The summed E-state index contributed by atoms with van der Waals surface area (Å²) in [5, 5.41) is 5.29. The Kier molecular flexibility index (Phi) is 7.75. The molecule has 6 nitrogen and oxygen atoms in total. The zero-order valence-electron chi connectivity index (χ0n) is 18.7. The van der Waals surface area contributed by atoms with Gasteiger partial charge in [-0.2, -0.15) is 0 Å². The molecule has 0 aliphatic heterocycles. The maximum atomic E-state index is 12.6. The smallest absolute Gasteiger partial charge is 0.240 e. The van der Waals surface area contributed by atoms with E-state index in [9.17, 15) is 13.2 Å². The number of ether oxygens (including phenoxy) is 1. The third-order valence-corrected chi connectivity index (χ3v) is 6.34. The first-order chi connectivity index (χ1) is 15.3. The highest BCUT2D eigenvalue weighted by atomic mass is 32.2. The molecule has 1 unspecified atom stereocenters. The van der Waals surface area contributed by atoms with E-state index in [1.54, 1.807) is 24.3 Å². The lowest BCUT2D eigenvalue weighted by molar-refractivity contribution is -0.119. The Hall–Kier alpha value is -3.06. The van der Waals surface area contributed by atoms with Crippen LogP contribution in [0.4, 0.5) is 5.69 Å². The predicted octanol–water partition coefficient (Wildman–Crippen LogP) is 4.00. The minimum atomic E-state index is -3.64. The first-order valence-corrected chi connectivity index (χ1v) is 12.6. The van der Waals surface area contributed by atoms with E-state index >= 15 is 0 Å². The van der Waals surface area contributed by atoms with Gasteiger partial charge in [-0.1, -0.05) is 55.5 Å². The van der Waals surface area contributed by atoms with Crippen LogP contribution in [0.2, 0.25) is 0 Å². The van der Waals surface area contributed by atoms with Gasteiger partial charge in [0.15, 0.2) is 0 Å². The first kappa shape index (κ1) is 23.6. The van der Waals surface area contributed by atoms with Gasteiger partial charge in [-0.25, -0.2) is 8.42 Å². The molecule has 7 heteroatoms. The molecule has 1 N–H and O–H groups in total. The molecule has 0 spiro atoms. The average Bonchev–Trinajstić information content (AvgIpc) is 2.76. The molecular weight excluding hydrogens is 424 g/mol. The summed E-state index contributed by atoms with van der Waals surface area (Å²) >= 11 is 0. The Bertz CT molecular complexity index is 1170. The maximum Gasteiger partial charge on any atom is 0.240 e. The summed E-state index contributed by atoms with van der Waals surface area (Å²) in [7, 11) is -3.64.